The standard InChI is InChI=1S/C81H133NO18/c1-3-5-7-9-11-13-15-17-19-21-23-24-25-26-27-28-29-30-31-32-33-34-35-36-37-38-39-40-41-43-45-47-49-51-53-55-57-59-69(87)82-64(65(86)58-56-54-52-50-48-46-44-42-22-20-18-16-14-12-10-8-6-4-2)63-95-79-75(93)72(90)77(67(61-84)97-79)100-81-76(94)73(91)78(68(62-85)98-81)99-80-74(92)71(89)70(88)66(60-83)96-80/h5,7,11,13,17,19,22-24,26-27,29-30,32-33,35-36,38-39,42,48,50,56,58,64-68,70-81,83-86,88-94H,3-4,6,8-10,12,14-16,18,20-21,25,28,31,34,37,40-41,43-47,49,51-55,57,59-63H2,1-2H3,(H,82,87)/b7-5-,13-11-,19-17-,24-23-,27-26-,30-29-,33-32-,36-35-,39-38-,42-22+,50-48+,58-56+. The summed E-state index contributed by atoms with van der Waals surface area (Å²) in [6.45, 7) is 1.57. The summed E-state index contributed by atoms with van der Waals surface area (Å²) in [5.74, 6) is -0.302. The fourth-order valence-electron chi connectivity index (χ4n) is 11.7. The van der Waals surface area contributed by atoms with Crippen LogP contribution < -0.4 is 5.32 Å². The fraction of sp³-hybridized carbons (Fsp3) is 0.691. The average molecular weight is 1410 g/mol. The number of ether oxygens (including phenoxy) is 6. The highest BCUT2D eigenvalue weighted by Gasteiger charge is 2.53. The molecule has 19 nitrogen and oxygen atoms in total. The summed E-state index contributed by atoms with van der Waals surface area (Å²) in [5, 5.41) is 121. The van der Waals surface area contributed by atoms with E-state index in [2.05, 4.69) is 153 Å². The van der Waals surface area contributed by atoms with Gasteiger partial charge < -0.3 is 89.9 Å². The van der Waals surface area contributed by atoms with Crippen molar-refractivity contribution in [3.05, 3.63) is 146 Å². The molecule has 17 atom stereocenters. The maximum Gasteiger partial charge on any atom is 0.220 e. The van der Waals surface area contributed by atoms with Crippen molar-refractivity contribution in [2.45, 2.75) is 330 Å². The van der Waals surface area contributed by atoms with E-state index in [0.717, 1.165) is 116 Å². The van der Waals surface area contributed by atoms with Crippen LogP contribution in [0, 0.1) is 0 Å². The first kappa shape index (κ1) is 89.9. The monoisotopic (exact) mass is 1410 g/mol. The largest absolute Gasteiger partial charge is 0.394 e. The lowest BCUT2D eigenvalue weighted by Gasteiger charge is -2.48. The zero-order chi connectivity index (χ0) is 72.5. The van der Waals surface area contributed by atoms with Gasteiger partial charge in [0.1, 0.15) is 73.2 Å². The van der Waals surface area contributed by atoms with Gasteiger partial charge in [0.25, 0.3) is 0 Å². The minimum Gasteiger partial charge on any atom is -0.394 e. The number of hydrogen-bond acceptors (Lipinski definition) is 18. The Morgan fingerprint density at radius 3 is 1.12 bits per heavy atom. The third-order valence-corrected chi connectivity index (χ3v) is 17.8. The van der Waals surface area contributed by atoms with Crippen LogP contribution >= 0.6 is 0 Å². The van der Waals surface area contributed by atoms with Gasteiger partial charge in [-0.2, -0.15) is 0 Å². The van der Waals surface area contributed by atoms with Gasteiger partial charge in [0.15, 0.2) is 18.9 Å². The number of carbonyl (C=O) groups excluding carboxylic acids is 1. The van der Waals surface area contributed by atoms with Crippen LogP contribution in [0.1, 0.15) is 226 Å². The maximum atomic E-state index is 13.4. The molecule has 0 radical (unpaired) electrons. The van der Waals surface area contributed by atoms with Gasteiger partial charge in [-0.15, -0.1) is 0 Å². The van der Waals surface area contributed by atoms with E-state index in [0.29, 0.717) is 12.8 Å². The Kier molecular flexibility index (Phi) is 53.9. The molecule has 12 N–H and O–H groups in total. The Morgan fingerprint density at radius 1 is 0.370 bits per heavy atom. The van der Waals surface area contributed by atoms with Crippen molar-refractivity contribution < 1.29 is 89.4 Å². The third-order valence-electron chi connectivity index (χ3n) is 17.8. The predicted molar refractivity (Wildman–Crippen MR) is 396 cm³/mol. The van der Waals surface area contributed by atoms with Crippen LogP contribution in [0.25, 0.3) is 0 Å². The third kappa shape index (κ3) is 40.1. The summed E-state index contributed by atoms with van der Waals surface area (Å²) in [4.78, 5) is 13.4. The molecule has 0 bridgehead atoms. The maximum absolute atomic E-state index is 13.4. The fourth-order valence-corrected chi connectivity index (χ4v) is 11.7. The molecule has 3 aliphatic rings. The van der Waals surface area contributed by atoms with Crippen molar-refractivity contribution in [1.29, 1.82) is 0 Å². The molecular weight excluding hydrogens is 1270 g/mol. The molecule has 1 amide bonds. The van der Waals surface area contributed by atoms with E-state index in [-0.39, 0.29) is 18.9 Å². The number of allylic oxidation sites excluding steroid dienone is 23. The van der Waals surface area contributed by atoms with E-state index in [1.807, 2.05) is 6.08 Å². The van der Waals surface area contributed by atoms with Crippen LogP contribution in [0.15, 0.2) is 146 Å². The van der Waals surface area contributed by atoms with Crippen LogP contribution in [0.2, 0.25) is 0 Å². The zero-order valence-electron chi connectivity index (χ0n) is 60.6. The smallest absolute Gasteiger partial charge is 0.220 e. The molecule has 0 saturated carbocycles. The molecule has 3 heterocycles. The summed E-state index contributed by atoms with van der Waals surface area (Å²) in [6, 6.07) is -1.01. The van der Waals surface area contributed by atoms with Crippen LogP contribution in [-0.2, 0) is 33.2 Å². The van der Waals surface area contributed by atoms with E-state index in [4.69, 9.17) is 28.4 Å². The van der Waals surface area contributed by atoms with Crippen LogP contribution in [0.3, 0.4) is 0 Å². The molecule has 19 heteroatoms. The summed E-state index contributed by atoms with van der Waals surface area (Å²) >= 11 is 0. The lowest BCUT2D eigenvalue weighted by Crippen LogP contribution is -2.66. The Morgan fingerprint density at radius 2 is 0.700 bits per heavy atom. The molecule has 0 spiro atoms. The molecule has 100 heavy (non-hydrogen) atoms. The van der Waals surface area contributed by atoms with Crippen molar-refractivity contribution in [1.82, 2.24) is 5.32 Å². The van der Waals surface area contributed by atoms with Crippen LogP contribution in [0.4, 0.5) is 0 Å². The topological polar surface area (TPSA) is 307 Å². The van der Waals surface area contributed by atoms with Crippen LogP contribution in [0.5, 0.6) is 0 Å². The van der Waals surface area contributed by atoms with Gasteiger partial charge in [-0.3, -0.25) is 4.79 Å². The highest BCUT2D eigenvalue weighted by Crippen LogP contribution is 2.33. The van der Waals surface area contributed by atoms with Gasteiger partial charge in [0.05, 0.1) is 38.6 Å². The molecule has 17 unspecified atom stereocenters. The van der Waals surface area contributed by atoms with Crippen molar-refractivity contribution in [2.24, 2.45) is 0 Å². The molecule has 3 saturated heterocycles. The van der Waals surface area contributed by atoms with Gasteiger partial charge >= 0.3 is 0 Å². The van der Waals surface area contributed by atoms with Gasteiger partial charge in [0, 0.05) is 6.42 Å². The molecule has 3 aliphatic heterocycles. The molecule has 0 aromatic rings. The highest BCUT2D eigenvalue weighted by atomic mass is 16.8. The minimum absolute atomic E-state index is 0.215. The Hall–Kier alpha value is -4.33. The lowest BCUT2D eigenvalue weighted by molar-refractivity contribution is -0.379. The molecule has 570 valence electrons. The lowest BCUT2D eigenvalue weighted by atomic mass is 9.96. The Balaban J connectivity index is 1.38. The van der Waals surface area contributed by atoms with Gasteiger partial charge in [-0.05, 0) is 116 Å². The second-order valence-electron chi connectivity index (χ2n) is 26.4. The summed E-state index contributed by atoms with van der Waals surface area (Å²) in [6.07, 6.45) is 59.6. The highest BCUT2D eigenvalue weighted by molar-refractivity contribution is 5.76. The molecule has 0 aromatic carbocycles. The first-order valence-corrected chi connectivity index (χ1v) is 38.1. The van der Waals surface area contributed by atoms with E-state index in [1.165, 1.54) is 77.0 Å². The van der Waals surface area contributed by atoms with Crippen LogP contribution in [-0.4, -0.2) is 193 Å². The van der Waals surface area contributed by atoms with Crippen molar-refractivity contribution in [3.63, 3.8) is 0 Å². The zero-order valence-corrected chi connectivity index (χ0v) is 60.6. The van der Waals surface area contributed by atoms with Gasteiger partial charge in [-0.25, -0.2) is 0 Å². The SMILES string of the molecule is CC/C=C\C/C=C\C/C=C\C/C=C\C/C=C\C/C=C\C/C=C\C/C=C\C/C=C\CCCCCCCCCCCC(=O)NC(COC1OC(CO)C(OC2OC(CO)C(OC3OC(CO)C(O)C(O)C3O)C(O)C2O)C(O)C1O)C(O)/C=C/CC/C=C/CC/C=C/CCCCCCCCCC. The van der Waals surface area contributed by atoms with E-state index < -0.39 is 124 Å². The van der Waals surface area contributed by atoms with Crippen molar-refractivity contribution in [2.75, 3.05) is 26.4 Å². The molecule has 3 fully saturated rings. The first-order chi connectivity index (χ1) is 48.8. The average Bonchev–Trinajstić information content (AvgIpc) is 0.783. The number of aliphatic hydroxyl groups excluding tert-OH is 11. The number of carbonyl (C=O) groups is 1. The summed E-state index contributed by atoms with van der Waals surface area (Å²) in [5.41, 5.74) is 0. The van der Waals surface area contributed by atoms with Crippen molar-refractivity contribution >= 4 is 5.91 Å². The quantitative estimate of drug-likeness (QED) is 0.0199. The Bertz CT molecular complexity index is 2380. The minimum atomic E-state index is -1.99. The number of hydrogen-bond donors (Lipinski definition) is 12. The molecule has 0 aromatic heterocycles. The number of rotatable bonds is 57. The van der Waals surface area contributed by atoms with Gasteiger partial charge in [-0.1, -0.05) is 250 Å². The Labute approximate surface area is 600 Å². The molecule has 3 rings (SSSR count). The van der Waals surface area contributed by atoms with E-state index >= 15 is 0 Å². The second kappa shape index (κ2) is 60.0. The number of amides is 1. The van der Waals surface area contributed by atoms with E-state index in [1.54, 1.807) is 6.08 Å². The summed E-state index contributed by atoms with van der Waals surface area (Å²) in [7, 11) is 0. The second-order valence-corrected chi connectivity index (χ2v) is 26.4. The molecular formula is C81H133NO18. The summed E-state index contributed by atoms with van der Waals surface area (Å²) < 4.78 is 34.3. The van der Waals surface area contributed by atoms with E-state index in [9.17, 15) is 61.0 Å². The van der Waals surface area contributed by atoms with Crippen molar-refractivity contribution in [3.8, 4) is 0 Å². The normalized spacial score (nSPS) is 27.3. The predicted octanol–water partition coefficient (Wildman–Crippen LogP) is 11.9. The first-order valence-electron chi connectivity index (χ1n) is 38.1. The number of unbranched alkanes of at least 4 members (excludes halogenated alkanes) is 19. The van der Waals surface area contributed by atoms with Gasteiger partial charge in [0.2, 0.25) is 5.91 Å². The molecule has 0 aliphatic carbocycles. The number of nitrogens with one attached hydrogen (secondary N) is 1. The number of aliphatic hydroxyl groups is 11.